The van der Waals surface area contributed by atoms with Crippen molar-refractivity contribution in [3.05, 3.63) is 64.4 Å². The first-order valence-corrected chi connectivity index (χ1v) is 8.92. The molecule has 2 aromatic carbocycles. The molecule has 1 N–H and O–H groups in total. The number of benzene rings is 2. The van der Waals surface area contributed by atoms with Crippen molar-refractivity contribution in [2.75, 3.05) is 5.32 Å². The second kappa shape index (κ2) is 8.15. The highest BCUT2D eigenvalue weighted by Gasteiger charge is 2.20. The average Bonchev–Trinajstić information content (AvgIpc) is 3.03. The zero-order valence-corrected chi connectivity index (χ0v) is 16.0. The molecule has 0 aliphatic heterocycles. The molecule has 1 heterocycles. The zero-order chi connectivity index (χ0) is 20.3. The molecule has 1 aromatic heterocycles. The number of nitriles is 1. The molecular weight excluding hydrogens is 380 g/mol. The first-order chi connectivity index (χ1) is 13.4. The number of nitrogens with one attached hydrogen (secondary N) is 1. The van der Waals surface area contributed by atoms with Gasteiger partial charge in [-0.3, -0.25) is 9.59 Å². The summed E-state index contributed by atoms with van der Waals surface area (Å²) in [6.45, 7) is 3.44. The highest BCUT2D eigenvalue weighted by molar-refractivity contribution is 6.32. The summed E-state index contributed by atoms with van der Waals surface area (Å²) in [5.41, 5.74) is 3.18. The minimum absolute atomic E-state index is 0.00360. The monoisotopic (exact) mass is 396 g/mol. The number of anilines is 1. The molecule has 3 rings (SSSR count). The Bertz CT molecular complexity index is 1100. The first kappa shape index (κ1) is 19.5. The van der Waals surface area contributed by atoms with Crippen LogP contribution in [0.4, 0.5) is 5.69 Å². The average molecular weight is 397 g/mol. The molecule has 0 radical (unpaired) electrons. The number of halogens is 1. The molecule has 0 aliphatic carbocycles. The first-order valence-electron chi connectivity index (χ1n) is 8.54. The van der Waals surface area contributed by atoms with Gasteiger partial charge in [-0.1, -0.05) is 23.7 Å². The van der Waals surface area contributed by atoms with Crippen molar-refractivity contribution in [3.63, 3.8) is 0 Å². The highest BCUT2D eigenvalue weighted by atomic mass is 35.5. The van der Waals surface area contributed by atoms with Crippen LogP contribution in [0.2, 0.25) is 5.02 Å². The fourth-order valence-electron chi connectivity index (χ4n) is 2.70. The van der Waals surface area contributed by atoms with Crippen LogP contribution in [0.3, 0.4) is 0 Å². The van der Waals surface area contributed by atoms with Gasteiger partial charge in [0.25, 0.3) is 5.91 Å². The van der Waals surface area contributed by atoms with Gasteiger partial charge in [-0.2, -0.15) is 5.26 Å². The second-order valence-electron chi connectivity index (χ2n) is 6.37. The van der Waals surface area contributed by atoms with E-state index < -0.39 is 18.0 Å². The lowest BCUT2D eigenvalue weighted by molar-refractivity contribution is -0.152. The van der Waals surface area contributed by atoms with E-state index in [-0.39, 0.29) is 11.4 Å². The molecule has 0 unspecified atom stereocenters. The Morgan fingerprint density at radius 3 is 2.79 bits per heavy atom. The summed E-state index contributed by atoms with van der Waals surface area (Å²) in [5, 5.41) is 12.6. The normalized spacial score (nSPS) is 11.6. The third kappa shape index (κ3) is 4.33. The van der Waals surface area contributed by atoms with Crippen molar-refractivity contribution in [2.45, 2.75) is 26.4 Å². The Morgan fingerprint density at radius 2 is 2.07 bits per heavy atom. The number of amides is 1. The van der Waals surface area contributed by atoms with E-state index in [4.69, 9.17) is 26.0 Å². The minimum atomic E-state index is -0.998. The van der Waals surface area contributed by atoms with Gasteiger partial charge < -0.3 is 14.5 Å². The number of carbonyl (C=O) groups is 2. The van der Waals surface area contributed by atoms with Gasteiger partial charge in [-0.15, -0.1) is 0 Å². The van der Waals surface area contributed by atoms with Crippen LogP contribution in [0, 0.1) is 18.3 Å². The maximum Gasteiger partial charge on any atom is 0.311 e. The van der Waals surface area contributed by atoms with Crippen LogP contribution in [0.1, 0.15) is 23.6 Å². The van der Waals surface area contributed by atoms with Crippen LogP contribution in [0.5, 0.6) is 0 Å². The topological polar surface area (TPSA) is 92.3 Å². The molecule has 28 heavy (non-hydrogen) atoms. The van der Waals surface area contributed by atoms with E-state index >= 15 is 0 Å². The summed E-state index contributed by atoms with van der Waals surface area (Å²) in [5.74, 6) is -1.04. The Kier molecular flexibility index (Phi) is 5.67. The molecule has 142 valence electrons. The van der Waals surface area contributed by atoms with Crippen LogP contribution in [-0.2, 0) is 20.7 Å². The third-order valence-corrected chi connectivity index (χ3v) is 4.49. The van der Waals surface area contributed by atoms with Gasteiger partial charge in [0.2, 0.25) is 0 Å². The van der Waals surface area contributed by atoms with E-state index in [9.17, 15) is 9.59 Å². The summed E-state index contributed by atoms with van der Waals surface area (Å²) >= 11 is 5.95. The molecule has 0 fully saturated rings. The molecule has 0 aliphatic rings. The number of hydrogen-bond acceptors (Lipinski definition) is 5. The van der Waals surface area contributed by atoms with Crippen molar-refractivity contribution >= 4 is 40.1 Å². The maximum atomic E-state index is 12.3. The van der Waals surface area contributed by atoms with Crippen LogP contribution < -0.4 is 5.32 Å². The number of nitrogens with zero attached hydrogens (tertiary/aromatic N) is 1. The molecule has 1 atom stereocenters. The summed E-state index contributed by atoms with van der Waals surface area (Å²) in [4.78, 5) is 24.5. The molecule has 0 saturated carbocycles. The number of furan rings is 1. The van der Waals surface area contributed by atoms with Gasteiger partial charge in [0, 0.05) is 16.6 Å². The van der Waals surface area contributed by atoms with Gasteiger partial charge in [-0.25, -0.2) is 0 Å². The molecular formula is C21H17ClN2O4. The predicted octanol–water partition coefficient (Wildman–Crippen LogP) is 4.38. The van der Waals surface area contributed by atoms with Gasteiger partial charge >= 0.3 is 5.97 Å². The van der Waals surface area contributed by atoms with E-state index in [1.165, 1.54) is 25.3 Å². The Balaban J connectivity index is 1.61. The molecule has 0 spiro atoms. The smallest absolute Gasteiger partial charge is 0.311 e. The molecule has 1 amide bonds. The van der Waals surface area contributed by atoms with Crippen LogP contribution in [0.15, 0.2) is 47.1 Å². The van der Waals surface area contributed by atoms with Crippen LogP contribution in [-0.4, -0.2) is 18.0 Å². The number of rotatable bonds is 5. The molecule has 7 heteroatoms. The SMILES string of the molecule is Cc1ccc2c(CC(=O)O[C@H](C)C(=O)Nc3ccc(C#N)c(Cl)c3)coc2c1. The van der Waals surface area contributed by atoms with Gasteiger partial charge in [0.15, 0.2) is 6.10 Å². The number of aryl methyl sites for hydroxylation is 1. The number of fused-ring (bicyclic) bond motifs is 1. The van der Waals surface area contributed by atoms with Crippen molar-refractivity contribution in [2.24, 2.45) is 0 Å². The highest BCUT2D eigenvalue weighted by Crippen LogP contribution is 2.23. The van der Waals surface area contributed by atoms with Crippen LogP contribution in [0.25, 0.3) is 11.0 Å². The minimum Gasteiger partial charge on any atom is -0.464 e. The zero-order valence-electron chi connectivity index (χ0n) is 15.3. The molecule has 6 nitrogen and oxygen atoms in total. The van der Waals surface area contributed by atoms with Crippen molar-refractivity contribution in [1.29, 1.82) is 5.26 Å². The second-order valence-corrected chi connectivity index (χ2v) is 6.77. The molecule has 0 saturated heterocycles. The Labute approximate surface area is 166 Å². The quantitative estimate of drug-likeness (QED) is 0.646. The van der Waals surface area contributed by atoms with E-state index in [2.05, 4.69) is 5.32 Å². The van der Waals surface area contributed by atoms with E-state index in [0.29, 0.717) is 22.4 Å². The Morgan fingerprint density at radius 1 is 1.29 bits per heavy atom. The van der Waals surface area contributed by atoms with Gasteiger partial charge in [-0.05, 0) is 43.7 Å². The van der Waals surface area contributed by atoms with E-state index in [1.54, 1.807) is 6.07 Å². The van der Waals surface area contributed by atoms with Gasteiger partial charge in [0.05, 0.1) is 23.3 Å². The summed E-state index contributed by atoms with van der Waals surface area (Å²) in [6.07, 6.45) is 0.521. The largest absolute Gasteiger partial charge is 0.464 e. The number of hydrogen-bond donors (Lipinski definition) is 1. The molecule has 0 bridgehead atoms. The number of carbonyl (C=O) groups excluding carboxylic acids is 2. The van der Waals surface area contributed by atoms with Crippen molar-refractivity contribution in [3.8, 4) is 6.07 Å². The fraction of sp³-hybridized carbons (Fsp3) is 0.190. The third-order valence-electron chi connectivity index (χ3n) is 4.18. The lowest BCUT2D eigenvalue weighted by atomic mass is 10.1. The van der Waals surface area contributed by atoms with E-state index in [0.717, 1.165) is 10.9 Å². The summed E-state index contributed by atoms with van der Waals surface area (Å²) in [7, 11) is 0. The van der Waals surface area contributed by atoms with E-state index in [1.807, 2.05) is 31.2 Å². The summed E-state index contributed by atoms with van der Waals surface area (Å²) in [6, 6.07) is 12.2. The number of ether oxygens (including phenoxy) is 1. The predicted molar refractivity (Wildman–Crippen MR) is 105 cm³/mol. The van der Waals surface area contributed by atoms with Crippen molar-refractivity contribution in [1.82, 2.24) is 0 Å². The van der Waals surface area contributed by atoms with Crippen molar-refractivity contribution < 1.29 is 18.7 Å². The van der Waals surface area contributed by atoms with Crippen LogP contribution >= 0.6 is 11.6 Å². The number of esters is 1. The fourth-order valence-corrected chi connectivity index (χ4v) is 2.93. The lowest BCUT2D eigenvalue weighted by Gasteiger charge is -2.13. The lowest BCUT2D eigenvalue weighted by Crippen LogP contribution is -2.30. The standard InChI is InChI=1S/C21H17ClN2O4/c1-12-3-6-17-15(11-27-19(17)7-12)8-20(25)28-13(2)21(26)24-16-5-4-14(10-23)18(22)9-16/h3-7,9,11,13H,8H2,1-2H3,(H,24,26)/t13-/m1/s1. The Hall–Kier alpha value is -3.30. The molecule has 3 aromatic rings. The summed E-state index contributed by atoms with van der Waals surface area (Å²) < 4.78 is 10.7. The van der Waals surface area contributed by atoms with Gasteiger partial charge in [0.1, 0.15) is 11.7 Å². The maximum absolute atomic E-state index is 12.3.